The molecule has 1 aromatic heterocycles. The number of nitrogens with one attached hydrogen (secondary N) is 1. The van der Waals surface area contributed by atoms with Crippen molar-refractivity contribution in [1.29, 1.82) is 0 Å². The third kappa shape index (κ3) is 4.50. The van der Waals surface area contributed by atoms with E-state index >= 15 is 0 Å². The van der Waals surface area contributed by atoms with Crippen molar-refractivity contribution in [2.75, 3.05) is 6.54 Å². The summed E-state index contributed by atoms with van der Waals surface area (Å²) in [5.74, 6) is 0.434. The highest BCUT2D eigenvalue weighted by atomic mass is 16.5. The Bertz CT molecular complexity index is 609. The lowest BCUT2D eigenvalue weighted by molar-refractivity contribution is -0.130. The van der Waals surface area contributed by atoms with Gasteiger partial charge in [-0.15, -0.1) is 0 Å². The van der Waals surface area contributed by atoms with Crippen LogP contribution in [-0.2, 0) is 16.1 Å². The molecule has 3 rings (SSSR count). The molecule has 1 aromatic rings. The Labute approximate surface area is 148 Å². The largest absolute Gasteiger partial charge is 0.475 e. The van der Waals surface area contributed by atoms with Gasteiger partial charge in [0.25, 0.3) is 0 Å². The zero-order valence-electron chi connectivity index (χ0n) is 15.0. The molecule has 0 spiro atoms. The minimum Gasteiger partial charge on any atom is -0.475 e. The molecule has 1 aliphatic carbocycles. The van der Waals surface area contributed by atoms with E-state index in [-0.39, 0.29) is 23.8 Å². The molecule has 0 aromatic carbocycles. The molecule has 1 aliphatic heterocycles. The van der Waals surface area contributed by atoms with Crippen molar-refractivity contribution in [2.24, 2.45) is 5.92 Å². The summed E-state index contributed by atoms with van der Waals surface area (Å²) < 4.78 is 5.51. The number of likely N-dealkylation sites (tertiary alicyclic amines) is 1. The van der Waals surface area contributed by atoms with Crippen molar-refractivity contribution >= 4 is 11.8 Å². The molecule has 1 N–H and O–H groups in total. The van der Waals surface area contributed by atoms with Gasteiger partial charge < -0.3 is 15.0 Å². The van der Waals surface area contributed by atoms with Crippen molar-refractivity contribution in [3.63, 3.8) is 0 Å². The van der Waals surface area contributed by atoms with E-state index in [4.69, 9.17) is 4.74 Å². The molecule has 0 bridgehead atoms. The van der Waals surface area contributed by atoms with E-state index in [1.165, 1.54) is 12.8 Å². The fourth-order valence-corrected chi connectivity index (χ4v) is 3.64. The molecule has 6 nitrogen and oxygen atoms in total. The highest BCUT2D eigenvalue weighted by Crippen LogP contribution is 2.29. The van der Waals surface area contributed by atoms with Crippen molar-refractivity contribution in [2.45, 2.75) is 64.6 Å². The molecular formula is C19H27N3O3. The van der Waals surface area contributed by atoms with Crippen LogP contribution in [0.3, 0.4) is 0 Å². The quantitative estimate of drug-likeness (QED) is 0.858. The average Bonchev–Trinajstić information content (AvgIpc) is 3.22. The SMILES string of the molecule is CC(C)Oc1ccc(CNC(=O)C2CC(=O)N(C3CCCC3)C2)cn1. The summed E-state index contributed by atoms with van der Waals surface area (Å²) in [6.07, 6.45) is 6.67. The van der Waals surface area contributed by atoms with Gasteiger partial charge in [-0.05, 0) is 32.3 Å². The van der Waals surface area contributed by atoms with E-state index < -0.39 is 0 Å². The van der Waals surface area contributed by atoms with Crippen LogP contribution >= 0.6 is 0 Å². The molecule has 2 fully saturated rings. The first-order valence-electron chi connectivity index (χ1n) is 9.21. The summed E-state index contributed by atoms with van der Waals surface area (Å²) in [6.45, 7) is 4.89. The van der Waals surface area contributed by atoms with Gasteiger partial charge in [-0.25, -0.2) is 4.98 Å². The number of pyridine rings is 1. The van der Waals surface area contributed by atoms with Crippen LogP contribution < -0.4 is 10.1 Å². The van der Waals surface area contributed by atoms with Crippen LogP contribution in [0.5, 0.6) is 5.88 Å². The van der Waals surface area contributed by atoms with Crippen LogP contribution in [0.2, 0.25) is 0 Å². The summed E-state index contributed by atoms with van der Waals surface area (Å²) in [6, 6.07) is 4.06. The van der Waals surface area contributed by atoms with Gasteiger partial charge in [-0.1, -0.05) is 18.9 Å². The predicted molar refractivity (Wildman–Crippen MR) is 93.9 cm³/mol. The van der Waals surface area contributed by atoms with Crippen LogP contribution in [0, 0.1) is 5.92 Å². The van der Waals surface area contributed by atoms with Gasteiger partial charge in [0.05, 0.1) is 12.0 Å². The highest BCUT2D eigenvalue weighted by molar-refractivity contribution is 5.89. The number of hydrogen-bond donors (Lipinski definition) is 1. The lowest BCUT2D eigenvalue weighted by atomic mass is 10.1. The van der Waals surface area contributed by atoms with Crippen molar-refractivity contribution in [1.82, 2.24) is 15.2 Å². The van der Waals surface area contributed by atoms with Crippen LogP contribution in [0.25, 0.3) is 0 Å². The molecule has 1 atom stereocenters. The first kappa shape index (κ1) is 17.7. The normalized spacial score (nSPS) is 21.2. The Kier molecular flexibility index (Phi) is 5.56. The molecule has 0 radical (unpaired) electrons. The van der Waals surface area contributed by atoms with E-state index in [0.717, 1.165) is 18.4 Å². The van der Waals surface area contributed by atoms with Crippen LogP contribution in [0.4, 0.5) is 0 Å². The monoisotopic (exact) mass is 345 g/mol. The fraction of sp³-hybridized carbons (Fsp3) is 0.632. The molecule has 6 heteroatoms. The minimum absolute atomic E-state index is 0.0450. The first-order valence-corrected chi connectivity index (χ1v) is 9.21. The maximum atomic E-state index is 12.4. The Morgan fingerprint density at radius 1 is 1.36 bits per heavy atom. The molecule has 1 unspecified atom stereocenters. The van der Waals surface area contributed by atoms with E-state index in [0.29, 0.717) is 31.4 Å². The van der Waals surface area contributed by atoms with Gasteiger partial charge in [0.2, 0.25) is 17.7 Å². The molecule has 25 heavy (non-hydrogen) atoms. The predicted octanol–water partition coefficient (Wildman–Crippen LogP) is 2.28. The standard InChI is InChI=1S/C19H27N3O3/c1-13(2)25-17-8-7-14(10-20-17)11-21-19(24)15-9-18(23)22(12-15)16-5-3-4-6-16/h7-8,10,13,15-16H,3-6,9,11-12H2,1-2H3,(H,21,24). The van der Waals surface area contributed by atoms with Gasteiger partial charge in [0, 0.05) is 37.8 Å². The first-order chi connectivity index (χ1) is 12.0. The van der Waals surface area contributed by atoms with Crippen LogP contribution in [-0.4, -0.2) is 40.4 Å². The third-order valence-electron chi connectivity index (χ3n) is 4.92. The summed E-state index contributed by atoms with van der Waals surface area (Å²) >= 11 is 0. The summed E-state index contributed by atoms with van der Waals surface area (Å²) in [7, 11) is 0. The summed E-state index contributed by atoms with van der Waals surface area (Å²) in [5.41, 5.74) is 0.918. The Morgan fingerprint density at radius 3 is 2.76 bits per heavy atom. The van der Waals surface area contributed by atoms with Crippen LogP contribution in [0.1, 0.15) is 51.5 Å². The number of carbonyl (C=O) groups is 2. The molecule has 136 valence electrons. The molecule has 2 heterocycles. The smallest absolute Gasteiger partial charge is 0.225 e. The molecule has 2 aliphatic rings. The van der Waals surface area contributed by atoms with Gasteiger partial charge in [-0.2, -0.15) is 0 Å². The van der Waals surface area contributed by atoms with Crippen molar-refractivity contribution < 1.29 is 14.3 Å². The second-order valence-electron chi connectivity index (χ2n) is 7.27. The maximum Gasteiger partial charge on any atom is 0.225 e. The number of ether oxygens (including phenoxy) is 1. The zero-order chi connectivity index (χ0) is 17.8. The van der Waals surface area contributed by atoms with E-state index in [1.54, 1.807) is 6.20 Å². The number of hydrogen-bond acceptors (Lipinski definition) is 4. The number of rotatable bonds is 6. The fourth-order valence-electron chi connectivity index (χ4n) is 3.64. The minimum atomic E-state index is -0.232. The maximum absolute atomic E-state index is 12.4. The average molecular weight is 345 g/mol. The van der Waals surface area contributed by atoms with E-state index in [9.17, 15) is 9.59 Å². The highest BCUT2D eigenvalue weighted by Gasteiger charge is 2.38. The Balaban J connectivity index is 1.48. The molecular weight excluding hydrogens is 318 g/mol. The third-order valence-corrected chi connectivity index (χ3v) is 4.92. The Hall–Kier alpha value is -2.11. The van der Waals surface area contributed by atoms with Gasteiger partial charge >= 0.3 is 0 Å². The number of aromatic nitrogens is 1. The van der Waals surface area contributed by atoms with Gasteiger partial charge in [0.15, 0.2) is 0 Å². The number of amides is 2. The summed E-state index contributed by atoms with van der Waals surface area (Å²) in [4.78, 5) is 30.8. The van der Waals surface area contributed by atoms with E-state index in [2.05, 4.69) is 10.3 Å². The van der Waals surface area contributed by atoms with Crippen molar-refractivity contribution in [3.05, 3.63) is 23.9 Å². The lowest BCUT2D eigenvalue weighted by Gasteiger charge is -2.23. The van der Waals surface area contributed by atoms with Gasteiger partial charge in [-0.3, -0.25) is 9.59 Å². The molecule has 1 saturated carbocycles. The van der Waals surface area contributed by atoms with E-state index in [1.807, 2.05) is 30.9 Å². The van der Waals surface area contributed by atoms with Gasteiger partial charge in [0.1, 0.15) is 0 Å². The number of nitrogens with zero attached hydrogens (tertiary/aromatic N) is 2. The second kappa shape index (κ2) is 7.85. The van der Waals surface area contributed by atoms with Crippen molar-refractivity contribution in [3.8, 4) is 5.88 Å². The molecule has 1 saturated heterocycles. The molecule has 2 amide bonds. The van der Waals surface area contributed by atoms with Crippen LogP contribution in [0.15, 0.2) is 18.3 Å². The summed E-state index contributed by atoms with van der Waals surface area (Å²) in [5, 5.41) is 2.93. The lowest BCUT2D eigenvalue weighted by Crippen LogP contribution is -2.36. The topological polar surface area (TPSA) is 71.5 Å². The second-order valence-corrected chi connectivity index (χ2v) is 7.27. The Morgan fingerprint density at radius 2 is 2.12 bits per heavy atom. The zero-order valence-corrected chi connectivity index (χ0v) is 15.0. The number of carbonyl (C=O) groups excluding carboxylic acids is 2.